The van der Waals surface area contributed by atoms with Gasteiger partial charge < -0.3 is 15.4 Å². The van der Waals surface area contributed by atoms with Crippen molar-refractivity contribution < 1.29 is 14.2 Å². The van der Waals surface area contributed by atoms with Crippen molar-refractivity contribution in [2.24, 2.45) is 10.9 Å². The Morgan fingerprint density at radius 3 is 2.44 bits per heavy atom. The molecule has 1 aromatic heterocycles. The van der Waals surface area contributed by atoms with E-state index in [1.54, 1.807) is 0 Å². The molecule has 1 aromatic carbocycles. The van der Waals surface area contributed by atoms with Crippen molar-refractivity contribution in [3.8, 4) is 5.88 Å². The van der Waals surface area contributed by atoms with E-state index >= 15 is 0 Å². The number of hydrogen-bond donors (Lipinski definition) is 2. The lowest BCUT2D eigenvalue weighted by Gasteiger charge is -2.32. The average molecular weight is 457 g/mol. The van der Waals surface area contributed by atoms with Crippen LogP contribution in [0.1, 0.15) is 70.4 Å². The predicted molar refractivity (Wildman–Crippen MR) is 128 cm³/mol. The van der Waals surface area contributed by atoms with Gasteiger partial charge in [-0.05, 0) is 56.9 Å². The van der Waals surface area contributed by atoms with Crippen molar-refractivity contribution in [2.75, 3.05) is 11.9 Å². The van der Waals surface area contributed by atoms with Gasteiger partial charge in [0.05, 0.1) is 5.71 Å². The highest BCUT2D eigenvalue weighted by atomic mass is 31.2. The molecule has 1 saturated carbocycles. The molecule has 172 valence electrons. The molecule has 1 fully saturated rings. The van der Waals surface area contributed by atoms with Crippen LogP contribution in [0, 0.1) is 5.92 Å². The number of fused-ring (bicyclic) bond motifs is 1. The van der Waals surface area contributed by atoms with Gasteiger partial charge in [0, 0.05) is 17.4 Å². The third-order valence-corrected chi connectivity index (χ3v) is 9.45. The molecular formula is C24H33N4O3P. The van der Waals surface area contributed by atoms with Gasteiger partial charge >= 0.3 is 0 Å². The van der Waals surface area contributed by atoms with Gasteiger partial charge in [-0.15, -0.1) is 0 Å². The minimum Gasteiger partial charge on any atom is -0.463 e. The second-order valence-electron chi connectivity index (χ2n) is 9.86. The lowest BCUT2D eigenvalue weighted by Crippen LogP contribution is -2.41. The van der Waals surface area contributed by atoms with E-state index in [0.29, 0.717) is 35.4 Å². The van der Waals surface area contributed by atoms with E-state index in [-0.39, 0.29) is 5.66 Å². The highest BCUT2D eigenvalue weighted by Gasteiger charge is 2.35. The number of anilines is 1. The fourth-order valence-electron chi connectivity index (χ4n) is 4.68. The maximum Gasteiger partial charge on any atom is 0.246 e. The van der Waals surface area contributed by atoms with Gasteiger partial charge in [-0.1, -0.05) is 38.1 Å². The zero-order valence-corrected chi connectivity index (χ0v) is 20.2. The third kappa shape index (κ3) is 4.60. The normalized spacial score (nSPS) is 24.2. The summed E-state index contributed by atoms with van der Waals surface area (Å²) in [7, 11) is -3.03. The molecule has 8 heteroatoms. The van der Waals surface area contributed by atoms with Gasteiger partial charge in [0.1, 0.15) is 11.9 Å². The molecule has 2 aliphatic rings. The van der Waals surface area contributed by atoms with Gasteiger partial charge in [-0.25, -0.2) is 9.98 Å². The molecule has 2 aromatic rings. The number of aliphatic imine (C=N–C) groups is 1. The summed E-state index contributed by atoms with van der Waals surface area (Å²) in [4.78, 5) is 23.2. The summed E-state index contributed by atoms with van der Waals surface area (Å²) in [5.41, 5.74) is 8.77. The lowest BCUT2D eigenvalue weighted by molar-refractivity contribution is 0.171. The molecule has 0 amide bonds. The number of aromatic nitrogens is 2. The van der Waals surface area contributed by atoms with Crippen molar-refractivity contribution in [3.63, 3.8) is 0 Å². The second-order valence-corrected chi connectivity index (χ2v) is 12.8. The van der Waals surface area contributed by atoms with Crippen LogP contribution in [-0.2, 0) is 4.57 Å². The van der Waals surface area contributed by atoms with Gasteiger partial charge in [-0.2, -0.15) is 4.98 Å². The van der Waals surface area contributed by atoms with Crippen molar-refractivity contribution in [3.05, 3.63) is 41.7 Å². The largest absolute Gasteiger partial charge is 0.463 e. The van der Waals surface area contributed by atoms with E-state index in [0.717, 1.165) is 37.0 Å². The van der Waals surface area contributed by atoms with E-state index in [9.17, 15) is 9.46 Å². The fraction of sp³-hybridized carbons (Fsp3) is 0.542. The smallest absolute Gasteiger partial charge is 0.246 e. The van der Waals surface area contributed by atoms with E-state index in [1.807, 2.05) is 27.7 Å². The van der Waals surface area contributed by atoms with Crippen LogP contribution in [0.4, 0.5) is 11.5 Å². The van der Waals surface area contributed by atoms with Crippen LogP contribution in [-0.4, -0.2) is 38.0 Å². The monoisotopic (exact) mass is 456 g/mol. The number of nitrogens with two attached hydrogens (primary N) is 1. The van der Waals surface area contributed by atoms with Crippen molar-refractivity contribution in [1.82, 2.24) is 9.97 Å². The molecule has 1 atom stereocenters. The van der Waals surface area contributed by atoms with Gasteiger partial charge in [0.2, 0.25) is 13.2 Å². The zero-order valence-electron chi connectivity index (χ0n) is 19.3. The third-order valence-electron chi connectivity index (χ3n) is 6.79. The van der Waals surface area contributed by atoms with Crippen molar-refractivity contribution >= 4 is 24.6 Å². The first-order valence-electron chi connectivity index (χ1n) is 11.4. The van der Waals surface area contributed by atoms with Crippen LogP contribution >= 0.6 is 7.37 Å². The number of nitrogen functional groups attached to an aromatic ring is 1. The maximum atomic E-state index is 12.4. The summed E-state index contributed by atoms with van der Waals surface area (Å²) >= 11 is 0. The quantitative estimate of drug-likeness (QED) is 0.591. The molecule has 7 nitrogen and oxygen atoms in total. The Hall–Kier alpha value is -2.24. The number of hydrogen-bond acceptors (Lipinski definition) is 6. The van der Waals surface area contributed by atoms with Crippen LogP contribution in [0.25, 0.3) is 0 Å². The Labute approximate surface area is 190 Å². The first-order chi connectivity index (χ1) is 15.1. The summed E-state index contributed by atoms with van der Waals surface area (Å²) in [6, 6.07) is 8.53. The maximum absolute atomic E-state index is 12.4. The summed E-state index contributed by atoms with van der Waals surface area (Å²) in [6.07, 6.45) is 5.97. The first kappa shape index (κ1) is 22.9. The molecule has 4 rings (SSSR count). The van der Waals surface area contributed by atoms with Gasteiger partial charge in [-0.3, -0.25) is 4.57 Å². The number of ether oxygens (including phenoxy) is 1. The first-order valence-corrected chi connectivity index (χ1v) is 13.3. The van der Waals surface area contributed by atoms with Crippen LogP contribution in [0.5, 0.6) is 5.88 Å². The Bertz CT molecular complexity index is 1060. The van der Waals surface area contributed by atoms with Crippen LogP contribution < -0.4 is 10.5 Å². The summed E-state index contributed by atoms with van der Waals surface area (Å²) in [5, 5.41) is 0. The van der Waals surface area contributed by atoms with E-state index < -0.39 is 13.0 Å². The average Bonchev–Trinajstić information content (AvgIpc) is 2.73. The standard InChI is InChI=1S/C24H33N4O3P/c1-15(2)32(29,30)13-16-5-7-17(8-6-16)18-9-11-19(12-10-18)21-24(3,4)31-23-20(28-21)22(25)26-14-27-23/h9-12,14-17H,5-8,13H2,1-4H3,(H,29,30)(H2,25,26,27). The second kappa shape index (κ2) is 8.60. The Morgan fingerprint density at radius 1 is 1.16 bits per heavy atom. The number of rotatable bonds is 5. The highest BCUT2D eigenvalue weighted by molar-refractivity contribution is 7.58. The molecule has 3 N–H and O–H groups in total. The zero-order chi connectivity index (χ0) is 23.1. The molecule has 0 saturated heterocycles. The topological polar surface area (TPSA) is 111 Å². The Balaban J connectivity index is 1.47. The van der Waals surface area contributed by atoms with Crippen LogP contribution in [0.3, 0.4) is 0 Å². The van der Waals surface area contributed by atoms with Crippen molar-refractivity contribution in [2.45, 2.75) is 70.6 Å². The van der Waals surface area contributed by atoms with Crippen LogP contribution in [0.15, 0.2) is 35.6 Å². The molecule has 0 spiro atoms. The van der Waals surface area contributed by atoms with E-state index in [1.165, 1.54) is 11.9 Å². The fourth-order valence-corrected chi connectivity index (χ4v) is 6.20. The molecule has 1 unspecified atom stereocenters. The molecule has 1 aliphatic heterocycles. The molecule has 2 heterocycles. The lowest BCUT2D eigenvalue weighted by atomic mass is 9.79. The number of benzene rings is 1. The highest BCUT2D eigenvalue weighted by Crippen LogP contribution is 2.50. The van der Waals surface area contributed by atoms with Gasteiger partial charge in [0.15, 0.2) is 11.5 Å². The summed E-state index contributed by atoms with van der Waals surface area (Å²) < 4.78 is 18.5. The minimum atomic E-state index is -3.03. The van der Waals surface area contributed by atoms with Crippen LogP contribution in [0.2, 0.25) is 0 Å². The van der Waals surface area contributed by atoms with Gasteiger partial charge in [0.25, 0.3) is 0 Å². The molecule has 0 radical (unpaired) electrons. The summed E-state index contributed by atoms with van der Waals surface area (Å²) in [6.45, 7) is 7.63. The minimum absolute atomic E-state index is 0.155. The molecule has 1 aliphatic carbocycles. The summed E-state index contributed by atoms with van der Waals surface area (Å²) in [5.74, 6) is 1.55. The predicted octanol–water partition coefficient (Wildman–Crippen LogP) is 5.30. The number of nitrogens with zero attached hydrogens (tertiary/aromatic N) is 3. The van der Waals surface area contributed by atoms with Crippen molar-refractivity contribution in [1.29, 1.82) is 0 Å². The molecular weight excluding hydrogens is 423 g/mol. The molecule has 32 heavy (non-hydrogen) atoms. The Kier molecular flexibility index (Phi) is 6.17. The SMILES string of the molecule is CC(C)P(=O)(O)CC1CCC(c2ccc(C3=Nc4c(N)ncnc4OC3(C)C)cc2)CC1. The Morgan fingerprint density at radius 2 is 1.81 bits per heavy atom. The molecule has 0 bridgehead atoms. The van der Waals surface area contributed by atoms with E-state index in [4.69, 9.17) is 15.5 Å². The van der Waals surface area contributed by atoms with E-state index in [2.05, 4.69) is 34.2 Å².